The van der Waals surface area contributed by atoms with Crippen LogP contribution >= 0.6 is 0 Å². The zero-order valence-corrected chi connectivity index (χ0v) is 19.1. The first-order chi connectivity index (χ1) is 14.0. The molecule has 1 aromatic carbocycles. The van der Waals surface area contributed by atoms with Gasteiger partial charge in [-0.15, -0.1) is 0 Å². The van der Waals surface area contributed by atoms with Crippen LogP contribution in [0.3, 0.4) is 0 Å². The molecule has 2 aliphatic carbocycles. The van der Waals surface area contributed by atoms with Crippen molar-refractivity contribution < 1.29 is 14.6 Å². The van der Waals surface area contributed by atoms with Gasteiger partial charge in [-0.25, -0.2) is 0 Å². The average Bonchev–Trinajstić information content (AvgIpc) is 2.76. The van der Waals surface area contributed by atoms with E-state index < -0.39 is 0 Å². The fourth-order valence-electron chi connectivity index (χ4n) is 6.17. The number of ether oxygens (including phenoxy) is 2. The van der Waals surface area contributed by atoms with Crippen molar-refractivity contribution in [3.63, 3.8) is 0 Å². The number of aromatic hydroxyl groups is 1. The van der Waals surface area contributed by atoms with Crippen LogP contribution in [-0.4, -0.2) is 16.3 Å². The number of para-hydroxylation sites is 1. The molecule has 0 saturated heterocycles. The van der Waals surface area contributed by atoms with Gasteiger partial charge in [-0.2, -0.15) is 0 Å². The highest BCUT2D eigenvalue weighted by molar-refractivity contribution is 5.51. The molecule has 0 spiro atoms. The lowest BCUT2D eigenvalue weighted by atomic mass is 9.72. The lowest BCUT2D eigenvalue weighted by Crippen LogP contribution is -2.47. The standard InChI is InChI=1S/C26H42O3/c1-5-20-14-9-11-18-25(20,7-3)28-23-17-13-16-22(27)24(23)29-26(8-4)19-12-10-15-21(26)6-2/h13,16-17,20-21,27H,5-12,14-15,18-19H2,1-4H3. The van der Waals surface area contributed by atoms with Crippen molar-refractivity contribution in [2.75, 3.05) is 0 Å². The second kappa shape index (κ2) is 9.62. The zero-order chi connectivity index (χ0) is 20.9. The van der Waals surface area contributed by atoms with Crippen molar-refractivity contribution in [2.45, 2.75) is 116 Å². The van der Waals surface area contributed by atoms with Gasteiger partial charge in [0.2, 0.25) is 5.75 Å². The minimum Gasteiger partial charge on any atom is -0.504 e. The SMILES string of the molecule is CCC1CCCCC1(CC)Oc1cccc(O)c1OC1(CC)CCCCC1CC. The van der Waals surface area contributed by atoms with Gasteiger partial charge in [0, 0.05) is 0 Å². The zero-order valence-electron chi connectivity index (χ0n) is 19.1. The first-order valence-corrected chi connectivity index (χ1v) is 12.2. The maximum atomic E-state index is 10.8. The second-order valence-electron chi connectivity index (χ2n) is 9.35. The third-order valence-electron chi connectivity index (χ3n) is 8.05. The quantitative estimate of drug-likeness (QED) is 0.485. The van der Waals surface area contributed by atoms with Crippen LogP contribution in [-0.2, 0) is 0 Å². The van der Waals surface area contributed by atoms with Gasteiger partial charge in [0.1, 0.15) is 11.2 Å². The number of rotatable bonds is 8. The van der Waals surface area contributed by atoms with Gasteiger partial charge in [0.15, 0.2) is 11.5 Å². The lowest BCUT2D eigenvalue weighted by Gasteiger charge is -2.46. The van der Waals surface area contributed by atoms with Crippen molar-refractivity contribution in [1.82, 2.24) is 0 Å². The smallest absolute Gasteiger partial charge is 0.203 e. The van der Waals surface area contributed by atoms with Gasteiger partial charge in [-0.3, -0.25) is 0 Å². The molecular formula is C26H42O3. The molecule has 0 aliphatic heterocycles. The first kappa shape index (κ1) is 22.3. The minimum atomic E-state index is -0.194. The van der Waals surface area contributed by atoms with E-state index in [1.165, 1.54) is 38.5 Å². The van der Waals surface area contributed by atoms with Gasteiger partial charge in [0.05, 0.1) is 0 Å². The third-order valence-corrected chi connectivity index (χ3v) is 8.05. The first-order valence-electron chi connectivity index (χ1n) is 12.2. The number of phenols is 1. The molecule has 29 heavy (non-hydrogen) atoms. The number of hydrogen-bond acceptors (Lipinski definition) is 3. The van der Waals surface area contributed by atoms with Crippen molar-refractivity contribution in [3.05, 3.63) is 18.2 Å². The molecule has 0 bridgehead atoms. The molecule has 164 valence electrons. The van der Waals surface area contributed by atoms with E-state index in [4.69, 9.17) is 9.47 Å². The van der Waals surface area contributed by atoms with Crippen molar-refractivity contribution >= 4 is 0 Å². The molecule has 3 nitrogen and oxygen atoms in total. The summed E-state index contributed by atoms with van der Waals surface area (Å²) in [6, 6.07) is 5.63. The van der Waals surface area contributed by atoms with Crippen LogP contribution in [0.25, 0.3) is 0 Å². The average molecular weight is 403 g/mol. The second-order valence-corrected chi connectivity index (χ2v) is 9.35. The molecule has 0 aromatic heterocycles. The van der Waals surface area contributed by atoms with Crippen molar-refractivity contribution in [1.29, 1.82) is 0 Å². The van der Waals surface area contributed by atoms with Crippen LogP contribution in [0.15, 0.2) is 18.2 Å². The molecule has 0 radical (unpaired) electrons. The Labute approximate surface area is 178 Å². The van der Waals surface area contributed by atoms with E-state index in [1.807, 2.05) is 12.1 Å². The molecule has 0 heterocycles. The highest BCUT2D eigenvalue weighted by Gasteiger charge is 2.44. The number of benzene rings is 1. The molecular weight excluding hydrogens is 360 g/mol. The van der Waals surface area contributed by atoms with E-state index in [0.29, 0.717) is 17.6 Å². The molecule has 1 N–H and O–H groups in total. The molecule has 0 amide bonds. The van der Waals surface area contributed by atoms with Gasteiger partial charge < -0.3 is 14.6 Å². The molecule has 2 saturated carbocycles. The molecule has 2 aliphatic rings. The van der Waals surface area contributed by atoms with Crippen LogP contribution in [0.5, 0.6) is 17.2 Å². The monoisotopic (exact) mass is 402 g/mol. The predicted molar refractivity (Wildman–Crippen MR) is 120 cm³/mol. The lowest BCUT2D eigenvalue weighted by molar-refractivity contribution is -0.0500. The van der Waals surface area contributed by atoms with E-state index in [9.17, 15) is 5.11 Å². The van der Waals surface area contributed by atoms with Crippen LogP contribution in [0.4, 0.5) is 0 Å². The topological polar surface area (TPSA) is 38.7 Å². The van der Waals surface area contributed by atoms with E-state index in [0.717, 1.165) is 44.3 Å². The molecule has 3 heteroatoms. The molecule has 4 unspecified atom stereocenters. The summed E-state index contributed by atoms with van der Waals surface area (Å²) in [4.78, 5) is 0. The highest BCUT2D eigenvalue weighted by atomic mass is 16.6. The Balaban J connectivity index is 1.95. The summed E-state index contributed by atoms with van der Waals surface area (Å²) in [5, 5.41) is 10.8. The summed E-state index contributed by atoms with van der Waals surface area (Å²) in [6.07, 6.45) is 13.8. The number of phenolic OH excluding ortho intramolecular Hbond substituents is 1. The van der Waals surface area contributed by atoms with Gasteiger partial charge >= 0.3 is 0 Å². The van der Waals surface area contributed by atoms with Crippen LogP contribution in [0.2, 0.25) is 0 Å². The van der Waals surface area contributed by atoms with E-state index in [2.05, 4.69) is 27.7 Å². The summed E-state index contributed by atoms with van der Waals surface area (Å²) in [7, 11) is 0. The summed E-state index contributed by atoms with van der Waals surface area (Å²) >= 11 is 0. The van der Waals surface area contributed by atoms with Crippen molar-refractivity contribution in [3.8, 4) is 17.2 Å². The Morgan fingerprint density at radius 1 is 0.828 bits per heavy atom. The van der Waals surface area contributed by atoms with Crippen molar-refractivity contribution in [2.24, 2.45) is 11.8 Å². The Kier molecular flexibility index (Phi) is 7.40. The van der Waals surface area contributed by atoms with Crippen LogP contribution in [0, 0.1) is 11.8 Å². The largest absolute Gasteiger partial charge is 0.504 e. The summed E-state index contributed by atoms with van der Waals surface area (Å²) < 4.78 is 13.6. The van der Waals surface area contributed by atoms with E-state index in [-0.39, 0.29) is 17.0 Å². The fraction of sp³-hybridized carbons (Fsp3) is 0.769. The Morgan fingerprint density at radius 3 is 1.90 bits per heavy atom. The molecule has 4 atom stereocenters. The van der Waals surface area contributed by atoms with Crippen LogP contribution in [0.1, 0.15) is 105 Å². The predicted octanol–water partition coefficient (Wildman–Crippen LogP) is 7.65. The van der Waals surface area contributed by atoms with Gasteiger partial charge in [-0.05, 0) is 88.2 Å². The normalized spacial score (nSPS) is 32.7. The minimum absolute atomic E-state index is 0.144. The summed E-state index contributed by atoms with van der Waals surface area (Å²) in [6.45, 7) is 9.03. The molecule has 1 aromatic rings. The van der Waals surface area contributed by atoms with Gasteiger partial charge in [-0.1, -0.05) is 46.6 Å². The highest BCUT2D eigenvalue weighted by Crippen LogP contribution is 2.49. The Hall–Kier alpha value is -1.38. The third kappa shape index (κ3) is 4.39. The van der Waals surface area contributed by atoms with E-state index >= 15 is 0 Å². The molecule has 2 fully saturated rings. The summed E-state index contributed by atoms with van der Waals surface area (Å²) in [5.74, 6) is 2.62. The maximum absolute atomic E-state index is 10.8. The Bertz CT molecular complexity index is 657. The Morgan fingerprint density at radius 2 is 1.38 bits per heavy atom. The van der Waals surface area contributed by atoms with Gasteiger partial charge in [0.25, 0.3) is 0 Å². The van der Waals surface area contributed by atoms with Crippen LogP contribution < -0.4 is 9.47 Å². The number of hydrogen-bond donors (Lipinski definition) is 1. The fourth-order valence-corrected chi connectivity index (χ4v) is 6.17. The molecule has 3 rings (SSSR count). The van der Waals surface area contributed by atoms with E-state index in [1.54, 1.807) is 6.07 Å². The summed E-state index contributed by atoms with van der Waals surface area (Å²) in [5.41, 5.74) is -0.338. The maximum Gasteiger partial charge on any atom is 0.203 e.